The van der Waals surface area contributed by atoms with Crippen LogP contribution in [0.1, 0.15) is 40.7 Å². The van der Waals surface area contributed by atoms with Gasteiger partial charge < -0.3 is 10.5 Å². The van der Waals surface area contributed by atoms with Crippen molar-refractivity contribution in [1.29, 1.82) is 0 Å². The molecule has 0 fully saturated rings. The van der Waals surface area contributed by atoms with Crippen LogP contribution in [0.3, 0.4) is 0 Å². The molecule has 0 aliphatic heterocycles. The summed E-state index contributed by atoms with van der Waals surface area (Å²) in [5, 5.41) is 4.32. The summed E-state index contributed by atoms with van der Waals surface area (Å²) in [6, 6.07) is 16.8. The highest BCUT2D eigenvalue weighted by Crippen LogP contribution is 2.32. The molecule has 5 rings (SSSR count). The quantitative estimate of drug-likeness (QED) is 0.368. The standard InChI is InChI=1S/C28H24ClNO3/c1-15-6-11-21-20(25(15)27(31)16-7-9-17(30)10-8-16)13-12-19-18-4-3-5-24(29)22(18)14-23(26(19)21)28(32)33-2/h3-5,7-10,12-15,23H,6,11,30H2,1-2H3. The monoisotopic (exact) mass is 457 g/mol. The Morgan fingerprint density at radius 2 is 1.73 bits per heavy atom. The first kappa shape index (κ1) is 21.5. The SMILES string of the molecule is COC(=O)C1C=c2c(Cl)cccc2=c2ccc3c(c21)CCC(C)C=3C(=O)c1ccc(N)cc1. The van der Waals surface area contributed by atoms with Crippen molar-refractivity contribution in [2.45, 2.75) is 25.7 Å². The van der Waals surface area contributed by atoms with E-state index in [0.717, 1.165) is 50.4 Å². The molecule has 2 aliphatic carbocycles. The van der Waals surface area contributed by atoms with Crippen LogP contribution in [0.4, 0.5) is 5.69 Å². The predicted octanol–water partition coefficient (Wildman–Crippen LogP) is 3.88. The molecule has 166 valence electrons. The average Bonchev–Trinajstić information content (AvgIpc) is 2.83. The van der Waals surface area contributed by atoms with E-state index < -0.39 is 5.92 Å². The van der Waals surface area contributed by atoms with Gasteiger partial charge in [0.05, 0.1) is 7.11 Å². The van der Waals surface area contributed by atoms with Crippen LogP contribution in [0, 0.1) is 16.4 Å². The van der Waals surface area contributed by atoms with Gasteiger partial charge in [0.25, 0.3) is 0 Å². The van der Waals surface area contributed by atoms with Gasteiger partial charge in [0.1, 0.15) is 5.92 Å². The molecule has 2 unspecified atom stereocenters. The fourth-order valence-corrected chi connectivity index (χ4v) is 5.42. The van der Waals surface area contributed by atoms with E-state index in [1.807, 2.05) is 36.4 Å². The number of methoxy groups -OCH3 is 1. The number of nitrogen functional groups attached to an aromatic ring is 1. The zero-order chi connectivity index (χ0) is 23.3. The maximum atomic E-state index is 13.6. The van der Waals surface area contributed by atoms with Crippen molar-refractivity contribution >= 4 is 40.7 Å². The van der Waals surface area contributed by atoms with Crippen molar-refractivity contribution < 1.29 is 14.3 Å². The lowest BCUT2D eigenvalue weighted by Gasteiger charge is -2.27. The fourth-order valence-electron chi connectivity index (χ4n) is 5.19. The fraction of sp³-hybridized carbons (Fsp3) is 0.214. The normalized spacial score (nSPS) is 18.5. The van der Waals surface area contributed by atoms with Gasteiger partial charge in [0.2, 0.25) is 0 Å². The van der Waals surface area contributed by atoms with E-state index in [4.69, 9.17) is 22.1 Å². The Morgan fingerprint density at radius 3 is 2.45 bits per heavy atom. The summed E-state index contributed by atoms with van der Waals surface area (Å²) in [7, 11) is 1.40. The molecule has 0 spiro atoms. The van der Waals surface area contributed by atoms with E-state index in [2.05, 4.69) is 6.92 Å². The lowest BCUT2D eigenvalue weighted by Crippen LogP contribution is -2.32. The number of fused-ring (bicyclic) bond motifs is 4. The Balaban J connectivity index is 1.87. The van der Waals surface area contributed by atoms with Crippen LogP contribution in [0.15, 0.2) is 54.6 Å². The Morgan fingerprint density at radius 1 is 1.00 bits per heavy atom. The van der Waals surface area contributed by atoms with Crippen LogP contribution >= 0.6 is 11.6 Å². The number of esters is 1. The van der Waals surface area contributed by atoms with Gasteiger partial charge in [-0.1, -0.05) is 48.9 Å². The summed E-state index contributed by atoms with van der Waals surface area (Å²) < 4.78 is 5.17. The molecule has 5 heteroatoms. The summed E-state index contributed by atoms with van der Waals surface area (Å²) in [4.78, 5) is 26.5. The maximum Gasteiger partial charge on any atom is 0.317 e. The summed E-state index contributed by atoms with van der Waals surface area (Å²) in [5.74, 6) is -0.804. The zero-order valence-electron chi connectivity index (χ0n) is 18.5. The number of benzene rings is 3. The topological polar surface area (TPSA) is 69.4 Å². The molecule has 0 amide bonds. The van der Waals surface area contributed by atoms with E-state index in [1.165, 1.54) is 7.11 Å². The minimum absolute atomic E-state index is 0.00116. The smallest absolute Gasteiger partial charge is 0.317 e. The number of hydrogen-bond donors (Lipinski definition) is 1. The minimum atomic E-state index is -0.575. The van der Waals surface area contributed by atoms with Crippen molar-refractivity contribution in [1.82, 2.24) is 0 Å². The first-order chi connectivity index (χ1) is 15.9. The Labute approximate surface area is 196 Å². The molecule has 33 heavy (non-hydrogen) atoms. The number of Topliss-reactive ketones (excluding diaryl/α,β-unsaturated/α-hetero) is 1. The van der Waals surface area contributed by atoms with Crippen LogP contribution in [0.25, 0.3) is 11.6 Å². The number of carbonyl (C=O) groups excluding carboxylic acids is 2. The van der Waals surface area contributed by atoms with Gasteiger partial charge >= 0.3 is 5.97 Å². The van der Waals surface area contributed by atoms with E-state index in [1.54, 1.807) is 24.3 Å². The molecule has 0 heterocycles. The number of ketones is 1. The predicted molar refractivity (Wildman–Crippen MR) is 130 cm³/mol. The van der Waals surface area contributed by atoms with Crippen molar-refractivity contribution in [3.63, 3.8) is 0 Å². The van der Waals surface area contributed by atoms with E-state index in [0.29, 0.717) is 16.3 Å². The zero-order valence-corrected chi connectivity index (χ0v) is 19.3. The number of ether oxygens (including phenoxy) is 1. The molecular formula is C28H24ClNO3. The van der Waals surface area contributed by atoms with Crippen molar-refractivity contribution in [2.75, 3.05) is 12.8 Å². The van der Waals surface area contributed by atoms with Crippen LogP contribution in [0.5, 0.6) is 0 Å². The molecule has 2 aliphatic rings. The van der Waals surface area contributed by atoms with Gasteiger partial charge in [0, 0.05) is 21.8 Å². The van der Waals surface area contributed by atoms with Gasteiger partial charge in [-0.05, 0) is 81.1 Å². The Hall–Kier alpha value is -3.37. The number of halogens is 1. The van der Waals surface area contributed by atoms with Gasteiger partial charge in [-0.3, -0.25) is 9.59 Å². The second-order valence-corrected chi connectivity index (χ2v) is 9.13. The average molecular weight is 458 g/mol. The molecule has 2 atom stereocenters. The molecule has 0 radical (unpaired) electrons. The van der Waals surface area contributed by atoms with Crippen LogP contribution < -0.4 is 16.2 Å². The molecule has 3 aromatic carbocycles. The summed E-state index contributed by atoms with van der Waals surface area (Å²) in [5.41, 5.74) is 9.80. The first-order valence-electron chi connectivity index (χ1n) is 11.1. The first-order valence-corrected chi connectivity index (χ1v) is 11.4. The lowest BCUT2D eigenvalue weighted by atomic mass is 9.76. The number of anilines is 1. The highest BCUT2D eigenvalue weighted by atomic mass is 35.5. The molecule has 2 N–H and O–H groups in total. The highest BCUT2D eigenvalue weighted by molar-refractivity contribution is 6.30. The van der Waals surface area contributed by atoms with E-state index in [9.17, 15) is 9.59 Å². The number of nitrogens with two attached hydrogens (primary N) is 1. The number of hydrogen-bond acceptors (Lipinski definition) is 4. The largest absolute Gasteiger partial charge is 0.468 e. The van der Waals surface area contributed by atoms with Crippen LogP contribution in [-0.4, -0.2) is 18.9 Å². The summed E-state index contributed by atoms with van der Waals surface area (Å²) >= 11 is 6.49. The minimum Gasteiger partial charge on any atom is -0.468 e. The molecule has 3 aromatic rings. The molecule has 0 bridgehead atoms. The van der Waals surface area contributed by atoms with E-state index in [-0.39, 0.29) is 17.7 Å². The molecular weight excluding hydrogens is 434 g/mol. The van der Waals surface area contributed by atoms with Crippen molar-refractivity contribution in [2.24, 2.45) is 5.92 Å². The maximum absolute atomic E-state index is 13.6. The van der Waals surface area contributed by atoms with Crippen molar-refractivity contribution in [3.05, 3.63) is 97.2 Å². The summed E-state index contributed by atoms with van der Waals surface area (Å²) in [6.45, 7) is 2.09. The van der Waals surface area contributed by atoms with Crippen LogP contribution in [0.2, 0.25) is 5.02 Å². The highest BCUT2D eigenvalue weighted by Gasteiger charge is 2.31. The third-order valence-corrected chi connectivity index (χ3v) is 7.16. The van der Waals surface area contributed by atoms with E-state index >= 15 is 0 Å². The second-order valence-electron chi connectivity index (χ2n) is 8.73. The van der Waals surface area contributed by atoms with Crippen molar-refractivity contribution in [3.8, 4) is 0 Å². The van der Waals surface area contributed by atoms with Gasteiger partial charge in [-0.25, -0.2) is 0 Å². The number of carbonyl (C=O) groups is 2. The number of rotatable bonds is 3. The Kier molecular flexibility index (Phi) is 5.34. The third-order valence-electron chi connectivity index (χ3n) is 6.83. The molecule has 0 saturated carbocycles. The molecule has 4 nitrogen and oxygen atoms in total. The molecule has 0 saturated heterocycles. The molecule has 0 aromatic heterocycles. The van der Waals surface area contributed by atoms with Crippen LogP contribution in [-0.2, 0) is 16.0 Å². The Bertz CT molecular complexity index is 1520. The lowest BCUT2D eigenvalue weighted by molar-refractivity contribution is -0.140. The third kappa shape index (κ3) is 3.46. The van der Waals surface area contributed by atoms with Gasteiger partial charge in [-0.2, -0.15) is 0 Å². The summed E-state index contributed by atoms with van der Waals surface area (Å²) in [6.07, 6.45) is 3.51. The van der Waals surface area contributed by atoms with Gasteiger partial charge in [0.15, 0.2) is 5.78 Å². The second kappa shape index (κ2) is 8.20. The van der Waals surface area contributed by atoms with Gasteiger partial charge in [-0.15, -0.1) is 0 Å².